The summed E-state index contributed by atoms with van der Waals surface area (Å²) in [6.45, 7) is 1.91. The summed E-state index contributed by atoms with van der Waals surface area (Å²) in [4.78, 5) is 7.78. The van der Waals surface area contributed by atoms with E-state index < -0.39 is 10.0 Å². The largest absolute Gasteiger partial charge is 0.332 e. The Morgan fingerprint density at radius 1 is 1.42 bits per heavy atom. The predicted molar refractivity (Wildman–Crippen MR) is 77.0 cm³/mol. The maximum absolute atomic E-state index is 12.1. The number of aryl methyl sites for hydroxylation is 1. The summed E-state index contributed by atoms with van der Waals surface area (Å²) in [7, 11) is -3.60. The van der Waals surface area contributed by atoms with Crippen LogP contribution in [0.1, 0.15) is 12.7 Å². The number of hydrogen-bond donors (Lipinski definition) is 2. The van der Waals surface area contributed by atoms with Crippen molar-refractivity contribution in [3.8, 4) is 0 Å². The first-order valence-corrected chi connectivity index (χ1v) is 8.46. The number of imidazole rings is 1. The zero-order valence-corrected chi connectivity index (χ0v) is 12.3. The van der Waals surface area contributed by atoms with E-state index in [0.717, 1.165) is 4.90 Å². The second-order valence-corrected chi connectivity index (χ2v) is 6.42. The predicted octanol–water partition coefficient (Wildman–Crippen LogP) is 2.49. The maximum Gasteiger partial charge on any atom is 0.278 e. The molecule has 0 aliphatic carbocycles. The first kappa shape index (κ1) is 14.0. The molecule has 5 nitrogen and oxygen atoms in total. The van der Waals surface area contributed by atoms with Crippen molar-refractivity contribution in [1.29, 1.82) is 0 Å². The molecule has 2 aromatic rings. The molecule has 2 N–H and O–H groups in total. The minimum Gasteiger partial charge on any atom is -0.332 e. The number of aromatic nitrogens is 2. The van der Waals surface area contributed by atoms with Gasteiger partial charge in [-0.2, -0.15) is 8.42 Å². The summed E-state index contributed by atoms with van der Waals surface area (Å²) in [5.74, 6) is 0.651. The van der Waals surface area contributed by atoms with E-state index in [2.05, 4.69) is 14.7 Å². The average Bonchev–Trinajstić information content (AvgIpc) is 2.88. The number of sulfonamides is 1. The van der Waals surface area contributed by atoms with Crippen molar-refractivity contribution < 1.29 is 8.42 Å². The van der Waals surface area contributed by atoms with Crippen LogP contribution in [0.2, 0.25) is 0 Å². The molecule has 1 heterocycles. The molecule has 0 saturated heterocycles. The van der Waals surface area contributed by atoms with Gasteiger partial charge in [-0.3, -0.25) is 4.72 Å². The minimum atomic E-state index is -3.60. The first-order chi connectivity index (χ1) is 9.05. The number of nitrogens with one attached hydrogen (secondary N) is 2. The van der Waals surface area contributed by atoms with Gasteiger partial charge in [0.15, 0.2) is 5.03 Å². The van der Waals surface area contributed by atoms with Crippen molar-refractivity contribution in [2.45, 2.75) is 23.3 Å². The summed E-state index contributed by atoms with van der Waals surface area (Å²) in [5.41, 5.74) is 0.541. The average molecular weight is 297 g/mol. The zero-order chi connectivity index (χ0) is 13.9. The fourth-order valence-electron chi connectivity index (χ4n) is 1.56. The molecule has 0 saturated carbocycles. The lowest BCUT2D eigenvalue weighted by Crippen LogP contribution is -2.13. The third-order valence-corrected chi connectivity index (χ3v) is 4.57. The van der Waals surface area contributed by atoms with Crippen molar-refractivity contribution in [2.75, 3.05) is 11.0 Å². The molecule has 1 aromatic carbocycles. The van der Waals surface area contributed by atoms with Crippen LogP contribution in [-0.2, 0) is 16.4 Å². The van der Waals surface area contributed by atoms with Gasteiger partial charge in [0.2, 0.25) is 0 Å². The van der Waals surface area contributed by atoms with Crippen LogP contribution < -0.4 is 4.72 Å². The fourth-order valence-corrected chi connectivity index (χ4v) is 3.01. The quantitative estimate of drug-likeness (QED) is 0.831. The minimum absolute atomic E-state index is 0.0823. The van der Waals surface area contributed by atoms with Gasteiger partial charge in [0.1, 0.15) is 5.82 Å². The van der Waals surface area contributed by atoms with Gasteiger partial charge >= 0.3 is 0 Å². The lowest BCUT2D eigenvalue weighted by Gasteiger charge is -2.07. The van der Waals surface area contributed by atoms with E-state index in [1.54, 1.807) is 23.9 Å². The van der Waals surface area contributed by atoms with E-state index in [0.29, 0.717) is 17.9 Å². The van der Waals surface area contributed by atoms with Crippen molar-refractivity contribution in [3.05, 3.63) is 36.3 Å². The number of nitrogens with zero attached hydrogens (tertiary/aromatic N) is 1. The number of rotatable bonds is 5. The summed E-state index contributed by atoms with van der Waals surface area (Å²) < 4.78 is 26.8. The van der Waals surface area contributed by atoms with Crippen LogP contribution in [-0.4, -0.2) is 24.6 Å². The van der Waals surface area contributed by atoms with Gasteiger partial charge in [0.05, 0.1) is 6.20 Å². The molecule has 0 atom stereocenters. The highest BCUT2D eigenvalue weighted by Gasteiger charge is 2.17. The number of benzene rings is 1. The van der Waals surface area contributed by atoms with Crippen LogP contribution >= 0.6 is 11.8 Å². The Morgan fingerprint density at radius 3 is 2.84 bits per heavy atom. The molecular weight excluding hydrogens is 282 g/mol. The molecule has 0 amide bonds. The molecule has 19 heavy (non-hydrogen) atoms. The molecule has 0 fully saturated rings. The molecule has 0 unspecified atom stereocenters. The Morgan fingerprint density at radius 2 is 2.21 bits per heavy atom. The normalized spacial score (nSPS) is 11.5. The van der Waals surface area contributed by atoms with E-state index in [-0.39, 0.29) is 5.03 Å². The van der Waals surface area contributed by atoms with Crippen LogP contribution in [0.4, 0.5) is 5.69 Å². The van der Waals surface area contributed by atoms with E-state index in [4.69, 9.17) is 0 Å². The standard InChI is InChI=1S/C12H15N3O2S2/c1-3-11-13-8-12(14-11)19(16,17)15-9-5-4-6-10(7-9)18-2/h4-8,15H,3H2,1-2H3,(H,13,14). The molecule has 0 spiro atoms. The molecule has 1 aromatic heterocycles. The fraction of sp³-hybridized carbons (Fsp3) is 0.250. The van der Waals surface area contributed by atoms with E-state index in [1.807, 2.05) is 25.3 Å². The van der Waals surface area contributed by atoms with Crippen LogP contribution in [0.15, 0.2) is 40.4 Å². The van der Waals surface area contributed by atoms with Gasteiger partial charge in [-0.1, -0.05) is 13.0 Å². The lowest BCUT2D eigenvalue weighted by atomic mass is 10.3. The van der Waals surface area contributed by atoms with Gasteiger partial charge in [-0.15, -0.1) is 11.8 Å². The molecule has 0 radical (unpaired) electrons. The van der Waals surface area contributed by atoms with Gasteiger partial charge in [-0.05, 0) is 24.5 Å². The number of aromatic amines is 1. The van der Waals surface area contributed by atoms with Gasteiger partial charge in [0, 0.05) is 17.0 Å². The lowest BCUT2D eigenvalue weighted by molar-refractivity contribution is 0.598. The Kier molecular flexibility index (Phi) is 4.16. The maximum atomic E-state index is 12.1. The Labute approximate surface area is 116 Å². The van der Waals surface area contributed by atoms with Gasteiger partial charge < -0.3 is 4.98 Å². The molecule has 0 aliphatic rings. The van der Waals surface area contributed by atoms with Crippen LogP contribution in [0.3, 0.4) is 0 Å². The monoisotopic (exact) mass is 297 g/mol. The van der Waals surface area contributed by atoms with Crippen molar-refractivity contribution in [3.63, 3.8) is 0 Å². The number of H-pyrrole nitrogens is 1. The van der Waals surface area contributed by atoms with Gasteiger partial charge in [-0.25, -0.2) is 4.98 Å². The number of hydrogen-bond acceptors (Lipinski definition) is 4. The molecule has 0 aliphatic heterocycles. The Balaban J connectivity index is 2.25. The number of anilines is 1. The smallest absolute Gasteiger partial charge is 0.278 e. The van der Waals surface area contributed by atoms with Crippen LogP contribution in [0, 0.1) is 0 Å². The van der Waals surface area contributed by atoms with Crippen LogP contribution in [0.25, 0.3) is 0 Å². The second-order valence-electron chi connectivity index (χ2n) is 3.89. The highest BCUT2D eigenvalue weighted by molar-refractivity contribution is 7.98. The Bertz CT molecular complexity index is 665. The zero-order valence-electron chi connectivity index (χ0n) is 10.7. The third-order valence-electron chi connectivity index (χ3n) is 2.55. The van der Waals surface area contributed by atoms with Crippen molar-refractivity contribution in [1.82, 2.24) is 9.97 Å². The first-order valence-electron chi connectivity index (χ1n) is 5.76. The van der Waals surface area contributed by atoms with Gasteiger partial charge in [0.25, 0.3) is 10.0 Å². The molecular formula is C12H15N3O2S2. The molecule has 7 heteroatoms. The highest BCUT2D eigenvalue weighted by atomic mass is 32.2. The SMILES string of the molecule is CCc1ncc(S(=O)(=O)Nc2cccc(SC)c2)[nH]1. The topological polar surface area (TPSA) is 74.8 Å². The summed E-state index contributed by atoms with van der Waals surface area (Å²) in [6.07, 6.45) is 3.94. The van der Waals surface area contributed by atoms with Crippen molar-refractivity contribution >= 4 is 27.5 Å². The third kappa shape index (κ3) is 3.30. The highest BCUT2D eigenvalue weighted by Crippen LogP contribution is 2.21. The number of thioether (sulfide) groups is 1. The van der Waals surface area contributed by atoms with E-state index in [9.17, 15) is 8.42 Å². The molecule has 0 bridgehead atoms. The molecule has 102 valence electrons. The second kappa shape index (κ2) is 5.66. The van der Waals surface area contributed by atoms with E-state index in [1.165, 1.54) is 6.20 Å². The van der Waals surface area contributed by atoms with Crippen molar-refractivity contribution in [2.24, 2.45) is 0 Å². The van der Waals surface area contributed by atoms with Crippen LogP contribution in [0.5, 0.6) is 0 Å². The summed E-state index contributed by atoms with van der Waals surface area (Å²) >= 11 is 1.56. The summed E-state index contributed by atoms with van der Waals surface area (Å²) in [6, 6.07) is 7.25. The summed E-state index contributed by atoms with van der Waals surface area (Å²) in [5, 5.41) is 0.0823. The van der Waals surface area contributed by atoms with E-state index >= 15 is 0 Å². The Hall–Kier alpha value is -1.47. The molecule has 2 rings (SSSR count).